The van der Waals surface area contributed by atoms with Gasteiger partial charge in [0.1, 0.15) is 17.3 Å². The van der Waals surface area contributed by atoms with Crippen molar-refractivity contribution >= 4 is 16.9 Å². The molecule has 3 aromatic rings. The molecule has 0 atom stereocenters. The number of hydrogen-bond acceptors (Lipinski definition) is 5. The quantitative estimate of drug-likeness (QED) is 0.662. The molecule has 0 aliphatic heterocycles. The van der Waals surface area contributed by atoms with Crippen molar-refractivity contribution in [1.29, 1.82) is 0 Å². The van der Waals surface area contributed by atoms with Gasteiger partial charge < -0.3 is 24.3 Å². The number of likely N-dealkylation sites (N-methyl/N-ethyl adjacent to an activating group) is 1. The smallest absolute Gasteiger partial charge is 0.270 e. The van der Waals surface area contributed by atoms with Crippen molar-refractivity contribution in [1.82, 2.24) is 19.9 Å². The molecular weight excluding hydrogens is 348 g/mol. The van der Waals surface area contributed by atoms with Crippen LogP contribution < -0.4 is 14.9 Å². The minimum atomic E-state index is -0.332. The number of hydrogen-bond donors (Lipinski definition) is 2. The third-order valence-corrected chi connectivity index (χ3v) is 4.35. The third-order valence-electron chi connectivity index (χ3n) is 4.35. The molecule has 0 spiro atoms. The maximum absolute atomic E-state index is 12.7. The summed E-state index contributed by atoms with van der Waals surface area (Å²) in [5.74, 6) is 1.47. The Kier molecular flexibility index (Phi) is 5.44. The van der Waals surface area contributed by atoms with Crippen LogP contribution in [0.1, 0.15) is 23.2 Å². The highest BCUT2D eigenvalue weighted by atomic mass is 16.5. The second kappa shape index (κ2) is 7.94. The second-order valence-electron chi connectivity index (χ2n) is 5.98. The monoisotopic (exact) mass is 370 g/mol. The van der Waals surface area contributed by atoms with Gasteiger partial charge in [0.05, 0.1) is 25.3 Å². The predicted molar refractivity (Wildman–Crippen MR) is 102 cm³/mol. The van der Waals surface area contributed by atoms with Gasteiger partial charge in [-0.1, -0.05) is 0 Å². The number of benzene rings is 1. The molecule has 0 saturated carbocycles. The summed E-state index contributed by atoms with van der Waals surface area (Å²) in [6.45, 7) is 2.88. The molecule has 8 nitrogen and oxygen atoms in total. The van der Waals surface area contributed by atoms with Crippen LogP contribution >= 0.6 is 0 Å². The fourth-order valence-corrected chi connectivity index (χ4v) is 2.84. The first-order valence-corrected chi connectivity index (χ1v) is 8.64. The van der Waals surface area contributed by atoms with E-state index in [9.17, 15) is 9.59 Å². The van der Waals surface area contributed by atoms with Gasteiger partial charge >= 0.3 is 0 Å². The summed E-state index contributed by atoms with van der Waals surface area (Å²) in [6.07, 6.45) is 1.97. The minimum absolute atomic E-state index is 0.173. The van der Waals surface area contributed by atoms with E-state index in [4.69, 9.17) is 9.47 Å². The molecule has 0 unspecified atom stereocenters. The van der Waals surface area contributed by atoms with Crippen molar-refractivity contribution in [2.45, 2.75) is 13.3 Å². The SMILES string of the molecule is CCN(CCc1nc2ccc(OC)cc2[nH]1)C(=O)c1cc(=O)c(OC)c[nH]1. The number of nitrogens with one attached hydrogen (secondary N) is 2. The summed E-state index contributed by atoms with van der Waals surface area (Å²) in [7, 11) is 3.03. The Labute approximate surface area is 156 Å². The van der Waals surface area contributed by atoms with Crippen LogP contribution in [0.4, 0.5) is 0 Å². The number of H-pyrrole nitrogens is 2. The average molecular weight is 370 g/mol. The standard InChI is InChI=1S/C19H22N4O4/c1-4-23(19(25)15-10-16(24)17(27-3)11-20-15)8-7-18-21-13-6-5-12(26-2)9-14(13)22-18/h5-6,9-11H,4,7-8H2,1-3H3,(H,20,24)(H,21,22). The molecule has 0 aliphatic rings. The highest BCUT2D eigenvalue weighted by Gasteiger charge is 2.17. The van der Waals surface area contributed by atoms with Gasteiger partial charge in [-0.05, 0) is 19.1 Å². The topological polar surface area (TPSA) is 100 Å². The van der Waals surface area contributed by atoms with Crippen LogP contribution in [0.15, 0.2) is 35.3 Å². The van der Waals surface area contributed by atoms with Crippen molar-refractivity contribution in [2.24, 2.45) is 0 Å². The molecule has 1 amide bonds. The highest BCUT2D eigenvalue weighted by Crippen LogP contribution is 2.19. The Bertz CT molecular complexity index is 1010. The normalized spacial score (nSPS) is 10.8. The van der Waals surface area contributed by atoms with Crippen LogP contribution in [-0.4, -0.2) is 53.1 Å². The average Bonchev–Trinajstić information content (AvgIpc) is 3.10. The zero-order valence-corrected chi connectivity index (χ0v) is 15.5. The summed E-state index contributed by atoms with van der Waals surface area (Å²) in [4.78, 5) is 36.8. The molecule has 142 valence electrons. The molecule has 0 aliphatic carbocycles. The number of fused-ring (bicyclic) bond motifs is 1. The van der Waals surface area contributed by atoms with Crippen LogP contribution in [-0.2, 0) is 6.42 Å². The summed E-state index contributed by atoms with van der Waals surface area (Å²) in [5.41, 5.74) is 1.64. The first kappa shape index (κ1) is 18.5. The molecule has 0 saturated heterocycles. The fourth-order valence-electron chi connectivity index (χ4n) is 2.84. The van der Waals surface area contributed by atoms with Crippen LogP contribution in [0.25, 0.3) is 11.0 Å². The number of aromatic amines is 2. The first-order valence-electron chi connectivity index (χ1n) is 8.64. The summed E-state index contributed by atoms with van der Waals surface area (Å²) in [6, 6.07) is 6.89. The van der Waals surface area contributed by atoms with Crippen molar-refractivity contribution in [3.8, 4) is 11.5 Å². The van der Waals surface area contributed by atoms with Gasteiger partial charge in [0.15, 0.2) is 5.75 Å². The van der Waals surface area contributed by atoms with Crippen LogP contribution in [0.5, 0.6) is 11.5 Å². The Morgan fingerprint density at radius 3 is 2.70 bits per heavy atom. The first-order chi connectivity index (χ1) is 13.0. The van der Waals surface area contributed by atoms with Gasteiger partial charge in [-0.3, -0.25) is 9.59 Å². The molecule has 27 heavy (non-hydrogen) atoms. The molecule has 2 heterocycles. The number of carbonyl (C=O) groups is 1. The molecule has 0 radical (unpaired) electrons. The molecule has 8 heteroatoms. The number of carbonyl (C=O) groups excluding carboxylic acids is 1. The van der Waals surface area contributed by atoms with Crippen molar-refractivity contribution < 1.29 is 14.3 Å². The van der Waals surface area contributed by atoms with E-state index in [1.165, 1.54) is 19.4 Å². The van der Waals surface area contributed by atoms with Crippen LogP contribution in [0.2, 0.25) is 0 Å². The summed E-state index contributed by atoms with van der Waals surface area (Å²) >= 11 is 0. The molecule has 0 bridgehead atoms. The van der Waals surface area contributed by atoms with E-state index in [0.29, 0.717) is 19.5 Å². The number of aromatic nitrogens is 3. The Morgan fingerprint density at radius 2 is 2.04 bits per heavy atom. The molecule has 0 fully saturated rings. The Morgan fingerprint density at radius 1 is 1.22 bits per heavy atom. The Balaban J connectivity index is 1.72. The number of pyridine rings is 1. The van der Waals surface area contributed by atoms with E-state index in [2.05, 4.69) is 15.0 Å². The minimum Gasteiger partial charge on any atom is -0.497 e. The van der Waals surface area contributed by atoms with Gasteiger partial charge in [0, 0.05) is 37.8 Å². The van der Waals surface area contributed by atoms with Gasteiger partial charge in [-0.15, -0.1) is 0 Å². The molecular formula is C19H22N4O4. The number of imidazole rings is 1. The molecule has 2 N–H and O–H groups in total. The predicted octanol–water partition coefficient (Wildman–Crippen LogP) is 1.97. The summed E-state index contributed by atoms with van der Waals surface area (Å²) < 4.78 is 10.1. The van der Waals surface area contributed by atoms with Crippen LogP contribution in [0.3, 0.4) is 0 Å². The molecule has 1 aromatic carbocycles. The van der Waals surface area contributed by atoms with E-state index in [-0.39, 0.29) is 22.8 Å². The zero-order chi connectivity index (χ0) is 19.4. The number of nitrogens with zero attached hydrogens (tertiary/aromatic N) is 2. The number of ether oxygens (including phenoxy) is 2. The van der Waals surface area contributed by atoms with Gasteiger partial charge in [-0.25, -0.2) is 4.98 Å². The van der Waals surface area contributed by atoms with Crippen LogP contribution in [0, 0.1) is 0 Å². The largest absolute Gasteiger partial charge is 0.497 e. The lowest BCUT2D eigenvalue weighted by Gasteiger charge is -2.20. The lowest BCUT2D eigenvalue weighted by atomic mass is 10.2. The second-order valence-corrected chi connectivity index (χ2v) is 5.98. The molecule has 3 rings (SSSR count). The molecule has 2 aromatic heterocycles. The van der Waals surface area contributed by atoms with Gasteiger partial charge in [-0.2, -0.15) is 0 Å². The lowest BCUT2D eigenvalue weighted by molar-refractivity contribution is 0.0759. The Hall–Kier alpha value is -3.29. The maximum Gasteiger partial charge on any atom is 0.270 e. The van der Waals surface area contributed by atoms with Gasteiger partial charge in [0.2, 0.25) is 5.43 Å². The maximum atomic E-state index is 12.7. The van der Waals surface area contributed by atoms with E-state index in [1.54, 1.807) is 12.0 Å². The number of amides is 1. The van der Waals surface area contributed by atoms with Crippen molar-refractivity contribution in [2.75, 3.05) is 27.3 Å². The zero-order valence-electron chi connectivity index (χ0n) is 15.5. The number of rotatable bonds is 7. The third kappa shape index (κ3) is 3.94. The number of methoxy groups -OCH3 is 2. The van der Waals surface area contributed by atoms with E-state index < -0.39 is 0 Å². The van der Waals surface area contributed by atoms with Gasteiger partial charge in [0.25, 0.3) is 5.91 Å². The highest BCUT2D eigenvalue weighted by molar-refractivity contribution is 5.92. The van der Waals surface area contributed by atoms with Crippen molar-refractivity contribution in [3.63, 3.8) is 0 Å². The van der Waals surface area contributed by atoms with E-state index in [1.807, 2.05) is 25.1 Å². The fraction of sp³-hybridized carbons (Fsp3) is 0.316. The van der Waals surface area contributed by atoms with Crippen molar-refractivity contribution in [3.05, 3.63) is 52.2 Å². The lowest BCUT2D eigenvalue weighted by Crippen LogP contribution is -2.34. The van der Waals surface area contributed by atoms with E-state index in [0.717, 1.165) is 22.6 Å². The van der Waals surface area contributed by atoms with E-state index >= 15 is 0 Å². The summed E-state index contributed by atoms with van der Waals surface area (Å²) in [5, 5.41) is 0.